The number of aromatic hydroxyl groups is 2. The third-order valence-corrected chi connectivity index (χ3v) is 6.45. The molecule has 12 nitrogen and oxygen atoms in total. The minimum atomic E-state index is -1.53. The molecule has 0 aliphatic heterocycles. The second-order valence-corrected chi connectivity index (χ2v) is 9.74. The SMILES string of the molecule is NC(Cc1ccccc1)C(=O)NC(Cc1ccc(O)cc1)C(=O)NC(CO)C(=O)NC(Cc1ccc(O)cc1)C(=O)O. The largest absolute Gasteiger partial charge is 0.508 e. The van der Waals surface area contributed by atoms with E-state index in [1.807, 2.05) is 18.2 Å². The topological polar surface area (TPSA) is 211 Å². The molecular weight excluding hydrogens is 544 g/mol. The maximum absolute atomic E-state index is 13.3. The fourth-order valence-electron chi connectivity index (χ4n) is 4.12. The van der Waals surface area contributed by atoms with Gasteiger partial charge in [-0.15, -0.1) is 0 Å². The monoisotopic (exact) mass is 578 g/mol. The fraction of sp³-hybridized carbons (Fsp3) is 0.267. The van der Waals surface area contributed by atoms with Gasteiger partial charge in [0.25, 0.3) is 0 Å². The number of aliphatic hydroxyl groups is 1. The number of phenols is 2. The molecule has 222 valence electrons. The summed E-state index contributed by atoms with van der Waals surface area (Å²) in [7, 11) is 0. The fourth-order valence-corrected chi connectivity index (χ4v) is 4.12. The molecule has 3 rings (SSSR count). The molecule has 0 bridgehead atoms. The van der Waals surface area contributed by atoms with E-state index in [9.17, 15) is 39.6 Å². The van der Waals surface area contributed by atoms with E-state index in [2.05, 4.69) is 16.0 Å². The Morgan fingerprint density at radius 1 is 0.595 bits per heavy atom. The maximum atomic E-state index is 13.3. The number of rotatable bonds is 14. The van der Waals surface area contributed by atoms with Gasteiger partial charge in [0.15, 0.2) is 0 Å². The number of phenolic OH excluding ortho intramolecular Hbond substituents is 2. The van der Waals surface area contributed by atoms with Crippen LogP contribution in [-0.2, 0) is 38.4 Å². The number of benzene rings is 3. The molecular formula is C30H34N4O8. The van der Waals surface area contributed by atoms with E-state index >= 15 is 0 Å². The van der Waals surface area contributed by atoms with Crippen molar-refractivity contribution < 1.29 is 39.6 Å². The van der Waals surface area contributed by atoms with E-state index in [1.165, 1.54) is 36.4 Å². The number of amides is 3. The van der Waals surface area contributed by atoms with Gasteiger partial charge in [-0.05, 0) is 47.4 Å². The zero-order valence-electron chi connectivity index (χ0n) is 22.6. The van der Waals surface area contributed by atoms with Crippen LogP contribution in [0, 0.1) is 0 Å². The van der Waals surface area contributed by atoms with E-state index < -0.39 is 54.5 Å². The molecule has 0 radical (unpaired) electrons. The molecule has 3 aromatic carbocycles. The predicted molar refractivity (Wildman–Crippen MR) is 152 cm³/mol. The summed E-state index contributed by atoms with van der Waals surface area (Å²) in [5, 5.41) is 45.8. The van der Waals surface area contributed by atoms with Crippen LogP contribution in [0.2, 0.25) is 0 Å². The summed E-state index contributed by atoms with van der Waals surface area (Å²) in [4.78, 5) is 50.9. The molecule has 9 N–H and O–H groups in total. The van der Waals surface area contributed by atoms with E-state index in [0.717, 1.165) is 5.56 Å². The van der Waals surface area contributed by atoms with Crippen molar-refractivity contribution in [1.82, 2.24) is 16.0 Å². The van der Waals surface area contributed by atoms with E-state index in [-0.39, 0.29) is 30.8 Å². The Labute approximate surface area is 242 Å². The van der Waals surface area contributed by atoms with Gasteiger partial charge in [-0.2, -0.15) is 0 Å². The van der Waals surface area contributed by atoms with Crippen molar-refractivity contribution in [3.63, 3.8) is 0 Å². The van der Waals surface area contributed by atoms with Crippen LogP contribution >= 0.6 is 0 Å². The third-order valence-electron chi connectivity index (χ3n) is 6.45. The predicted octanol–water partition coefficient (Wildman–Crippen LogP) is -0.0157. The molecule has 0 aliphatic rings. The summed E-state index contributed by atoms with van der Waals surface area (Å²) in [5.74, 6) is -3.74. The van der Waals surface area contributed by atoms with Gasteiger partial charge < -0.3 is 42.1 Å². The van der Waals surface area contributed by atoms with Crippen LogP contribution in [0.15, 0.2) is 78.9 Å². The maximum Gasteiger partial charge on any atom is 0.326 e. The van der Waals surface area contributed by atoms with Crippen LogP contribution < -0.4 is 21.7 Å². The summed E-state index contributed by atoms with van der Waals surface area (Å²) in [6, 6.07) is 15.6. The second kappa shape index (κ2) is 15.2. The standard InChI is InChI=1S/C30H34N4O8/c31-23(14-18-4-2-1-3-5-18)27(38)32-24(15-19-6-10-21(36)11-7-19)28(39)34-26(17-35)29(40)33-25(30(41)42)16-20-8-12-22(37)13-9-20/h1-13,23-26,35-37H,14-17,31H2,(H,32,38)(H,33,40)(H,34,39)(H,41,42). The van der Waals surface area contributed by atoms with Crippen LogP contribution in [0.5, 0.6) is 11.5 Å². The first-order chi connectivity index (χ1) is 20.0. The Balaban J connectivity index is 1.71. The van der Waals surface area contributed by atoms with Gasteiger partial charge in [0.05, 0.1) is 12.6 Å². The number of aliphatic hydroxyl groups excluding tert-OH is 1. The second-order valence-electron chi connectivity index (χ2n) is 9.74. The first-order valence-corrected chi connectivity index (χ1v) is 13.2. The van der Waals surface area contributed by atoms with Crippen molar-refractivity contribution in [3.05, 3.63) is 95.6 Å². The number of hydrogen-bond acceptors (Lipinski definition) is 8. The van der Waals surface area contributed by atoms with E-state index in [4.69, 9.17) is 5.73 Å². The van der Waals surface area contributed by atoms with Crippen molar-refractivity contribution in [1.29, 1.82) is 0 Å². The van der Waals surface area contributed by atoms with E-state index in [0.29, 0.717) is 11.1 Å². The summed E-state index contributed by atoms with van der Waals surface area (Å²) in [6.07, 6.45) is 0.0556. The molecule has 0 saturated heterocycles. The molecule has 42 heavy (non-hydrogen) atoms. The van der Waals surface area contributed by atoms with Gasteiger partial charge in [0, 0.05) is 12.8 Å². The molecule has 3 aromatic rings. The third kappa shape index (κ3) is 9.61. The number of carbonyl (C=O) groups excluding carboxylic acids is 3. The Morgan fingerprint density at radius 3 is 1.52 bits per heavy atom. The minimum Gasteiger partial charge on any atom is -0.508 e. The highest BCUT2D eigenvalue weighted by Gasteiger charge is 2.30. The number of hydrogen-bond donors (Lipinski definition) is 8. The zero-order chi connectivity index (χ0) is 30.6. The summed E-state index contributed by atoms with van der Waals surface area (Å²) < 4.78 is 0. The molecule has 0 heterocycles. The molecule has 0 aromatic heterocycles. The number of aliphatic carboxylic acids is 1. The first-order valence-electron chi connectivity index (χ1n) is 13.2. The van der Waals surface area contributed by atoms with Gasteiger partial charge in [-0.25, -0.2) is 4.79 Å². The Hall–Kier alpha value is -4.94. The lowest BCUT2D eigenvalue weighted by Gasteiger charge is -2.24. The average molecular weight is 579 g/mol. The Bertz CT molecular complexity index is 1350. The van der Waals surface area contributed by atoms with Crippen LogP contribution in [-0.4, -0.2) is 74.9 Å². The number of nitrogens with one attached hydrogen (secondary N) is 3. The molecule has 4 unspecified atom stereocenters. The van der Waals surface area contributed by atoms with Crippen molar-refractivity contribution in [3.8, 4) is 11.5 Å². The number of carboxylic acids is 1. The van der Waals surface area contributed by atoms with Crippen LogP contribution in [0.25, 0.3) is 0 Å². The smallest absolute Gasteiger partial charge is 0.326 e. The first kappa shape index (κ1) is 31.6. The van der Waals surface area contributed by atoms with Gasteiger partial charge >= 0.3 is 5.97 Å². The van der Waals surface area contributed by atoms with Crippen molar-refractivity contribution in [2.45, 2.75) is 43.4 Å². The quantitative estimate of drug-likeness (QED) is 0.129. The van der Waals surface area contributed by atoms with Crippen LogP contribution in [0.3, 0.4) is 0 Å². The summed E-state index contributed by atoms with van der Waals surface area (Å²) in [5.41, 5.74) is 8.01. The lowest BCUT2D eigenvalue weighted by Crippen LogP contribution is -2.58. The molecule has 0 fully saturated rings. The van der Waals surface area contributed by atoms with Crippen LogP contribution in [0.4, 0.5) is 0 Å². The highest BCUT2D eigenvalue weighted by atomic mass is 16.4. The number of nitrogens with two attached hydrogens (primary N) is 1. The normalized spacial score (nSPS) is 13.7. The summed E-state index contributed by atoms with van der Waals surface area (Å²) >= 11 is 0. The molecule has 0 aliphatic carbocycles. The number of carbonyl (C=O) groups is 4. The minimum absolute atomic E-state index is 0.00553. The highest BCUT2D eigenvalue weighted by molar-refractivity contribution is 5.94. The van der Waals surface area contributed by atoms with Gasteiger partial charge in [-0.1, -0.05) is 54.6 Å². The Morgan fingerprint density at radius 2 is 1.02 bits per heavy atom. The molecule has 0 spiro atoms. The highest BCUT2D eigenvalue weighted by Crippen LogP contribution is 2.13. The van der Waals surface area contributed by atoms with Crippen molar-refractivity contribution >= 4 is 23.7 Å². The van der Waals surface area contributed by atoms with Gasteiger partial charge in [0.2, 0.25) is 17.7 Å². The van der Waals surface area contributed by atoms with E-state index in [1.54, 1.807) is 24.3 Å². The molecule has 0 saturated carbocycles. The Kier molecular flexibility index (Phi) is 11.4. The zero-order valence-corrected chi connectivity index (χ0v) is 22.6. The average Bonchev–Trinajstić information content (AvgIpc) is 2.97. The lowest BCUT2D eigenvalue weighted by atomic mass is 10.0. The summed E-state index contributed by atoms with van der Waals surface area (Å²) in [6.45, 7) is -0.851. The molecule has 12 heteroatoms. The van der Waals surface area contributed by atoms with Crippen LogP contribution in [0.1, 0.15) is 16.7 Å². The van der Waals surface area contributed by atoms with Gasteiger partial charge in [-0.3, -0.25) is 14.4 Å². The molecule has 3 amide bonds. The molecule has 4 atom stereocenters. The lowest BCUT2D eigenvalue weighted by molar-refractivity contribution is -0.142. The van der Waals surface area contributed by atoms with Crippen molar-refractivity contribution in [2.24, 2.45) is 5.73 Å². The number of carboxylic acid groups (broad SMARTS) is 1. The van der Waals surface area contributed by atoms with Gasteiger partial charge in [0.1, 0.15) is 29.6 Å². The van der Waals surface area contributed by atoms with Crippen molar-refractivity contribution in [2.75, 3.05) is 6.61 Å².